The third-order valence-corrected chi connectivity index (χ3v) is 6.66. The van der Waals surface area contributed by atoms with Crippen LogP contribution in [0.3, 0.4) is 0 Å². The SMILES string of the molecule is Cc1nsc(C)c1-c1cc(OC2CN(C(=O)N3N=CCC3c3cc(F)cc(F)c3)C2)c(F)cn1. The summed E-state index contributed by atoms with van der Waals surface area (Å²) in [7, 11) is 0. The second-order valence-corrected chi connectivity index (χ2v) is 9.20. The van der Waals surface area contributed by atoms with Crippen molar-refractivity contribution in [1.29, 1.82) is 0 Å². The van der Waals surface area contributed by atoms with E-state index in [9.17, 15) is 18.0 Å². The van der Waals surface area contributed by atoms with Crippen molar-refractivity contribution in [1.82, 2.24) is 19.3 Å². The van der Waals surface area contributed by atoms with E-state index in [0.717, 1.165) is 28.4 Å². The van der Waals surface area contributed by atoms with E-state index < -0.39 is 35.6 Å². The average Bonchev–Trinajstić information content (AvgIpc) is 3.37. The largest absolute Gasteiger partial charge is 0.483 e. The van der Waals surface area contributed by atoms with E-state index in [0.29, 0.717) is 17.7 Å². The van der Waals surface area contributed by atoms with E-state index in [1.165, 1.54) is 39.8 Å². The summed E-state index contributed by atoms with van der Waals surface area (Å²) in [5.74, 6) is -1.97. The fraction of sp³-hybridized carbons (Fsp3) is 0.304. The van der Waals surface area contributed by atoms with Crippen LogP contribution in [0.1, 0.15) is 28.6 Å². The summed E-state index contributed by atoms with van der Waals surface area (Å²) in [6, 6.07) is 3.72. The molecule has 0 spiro atoms. The zero-order valence-electron chi connectivity index (χ0n) is 18.3. The number of hydrogen-bond acceptors (Lipinski definition) is 6. The summed E-state index contributed by atoms with van der Waals surface area (Å²) in [4.78, 5) is 19.6. The lowest BCUT2D eigenvalue weighted by Gasteiger charge is -2.41. The Hall–Kier alpha value is -3.47. The fourth-order valence-electron chi connectivity index (χ4n) is 4.13. The lowest BCUT2D eigenvalue weighted by Crippen LogP contribution is -2.58. The molecule has 176 valence electrons. The van der Waals surface area contributed by atoms with E-state index in [2.05, 4.69) is 14.5 Å². The minimum atomic E-state index is -0.714. The molecule has 0 aliphatic carbocycles. The summed E-state index contributed by atoms with van der Waals surface area (Å²) in [6.45, 7) is 4.24. The molecule has 2 aromatic heterocycles. The Bertz CT molecular complexity index is 1250. The number of aromatic nitrogens is 2. The number of amides is 2. The zero-order valence-corrected chi connectivity index (χ0v) is 19.2. The van der Waals surface area contributed by atoms with Crippen LogP contribution in [0.4, 0.5) is 18.0 Å². The van der Waals surface area contributed by atoms with Crippen LogP contribution in [-0.2, 0) is 0 Å². The Morgan fingerprint density at radius 3 is 2.53 bits per heavy atom. The highest BCUT2D eigenvalue weighted by Gasteiger charge is 2.39. The van der Waals surface area contributed by atoms with Gasteiger partial charge in [0.2, 0.25) is 0 Å². The molecule has 2 aliphatic heterocycles. The maximum absolute atomic E-state index is 14.4. The second-order valence-electron chi connectivity index (χ2n) is 8.22. The lowest BCUT2D eigenvalue weighted by atomic mass is 10.0. The number of carbonyl (C=O) groups excluding carboxylic acids is 1. The van der Waals surface area contributed by atoms with Crippen LogP contribution in [0.15, 0.2) is 35.6 Å². The van der Waals surface area contributed by atoms with E-state index in [4.69, 9.17) is 4.74 Å². The number of nitrogens with zero attached hydrogens (tertiary/aromatic N) is 5. The Kier molecular flexibility index (Phi) is 5.72. The van der Waals surface area contributed by atoms with Crippen LogP contribution < -0.4 is 4.74 Å². The minimum absolute atomic E-state index is 0.0550. The zero-order chi connectivity index (χ0) is 24.0. The van der Waals surface area contributed by atoms with E-state index in [1.54, 1.807) is 6.07 Å². The molecule has 0 radical (unpaired) electrons. The maximum atomic E-state index is 14.4. The van der Waals surface area contributed by atoms with Gasteiger partial charge in [-0.2, -0.15) is 9.47 Å². The number of hydrazone groups is 1. The molecule has 0 N–H and O–H groups in total. The van der Waals surface area contributed by atoms with Gasteiger partial charge in [0.15, 0.2) is 11.6 Å². The van der Waals surface area contributed by atoms with Gasteiger partial charge >= 0.3 is 6.03 Å². The molecule has 5 rings (SSSR count). The first-order valence-corrected chi connectivity index (χ1v) is 11.4. The van der Waals surface area contributed by atoms with Crippen molar-refractivity contribution in [3.05, 3.63) is 64.0 Å². The van der Waals surface area contributed by atoms with Gasteiger partial charge in [-0.25, -0.2) is 23.0 Å². The second kappa shape index (κ2) is 8.71. The van der Waals surface area contributed by atoms with Crippen molar-refractivity contribution in [3.63, 3.8) is 0 Å². The molecule has 7 nitrogen and oxygen atoms in total. The van der Waals surface area contributed by atoms with Gasteiger partial charge < -0.3 is 9.64 Å². The maximum Gasteiger partial charge on any atom is 0.341 e. The molecular weight excluding hydrogens is 467 g/mol. The Balaban J connectivity index is 1.25. The fourth-order valence-corrected chi connectivity index (χ4v) is 4.84. The van der Waals surface area contributed by atoms with Crippen molar-refractivity contribution >= 4 is 23.8 Å². The van der Waals surface area contributed by atoms with Crippen molar-refractivity contribution < 1.29 is 22.7 Å². The molecule has 0 bridgehead atoms. The van der Waals surface area contributed by atoms with Crippen LogP contribution >= 0.6 is 11.5 Å². The van der Waals surface area contributed by atoms with Crippen LogP contribution in [0.5, 0.6) is 5.75 Å². The number of rotatable bonds is 4. The van der Waals surface area contributed by atoms with Gasteiger partial charge in [0.25, 0.3) is 0 Å². The van der Waals surface area contributed by atoms with Gasteiger partial charge in [0, 0.05) is 35.2 Å². The van der Waals surface area contributed by atoms with E-state index >= 15 is 0 Å². The summed E-state index contributed by atoms with van der Waals surface area (Å²) in [6.07, 6.45) is 2.60. The number of aryl methyl sites for hydroxylation is 2. The van der Waals surface area contributed by atoms with Crippen LogP contribution in [0, 0.1) is 31.3 Å². The number of pyridine rings is 1. The van der Waals surface area contributed by atoms with Crippen molar-refractivity contribution in [2.45, 2.75) is 32.4 Å². The van der Waals surface area contributed by atoms with Crippen molar-refractivity contribution in [2.75, 3.05) is 13.1 Å². The Morgan fingerprint density at radius 2 is 1.85 bits per heavy atom. The molecule has 34 heavy (non-hydrogen) atoms. The standard InChI is InChI=1S/C23H20F3N5O2S/c1-12-22(13(2)34-29-12)19-8-21(18(26)9-27-19)33-17-10-30(11-17)23(32)31-20(3-4-28-31)14-5-15(24)7-16(25)6-14/h4-9,17,20H,3,10-11H2,1-2H3. The number of ether oxygens (including phenoxy) is 1. The number of carbonyl (C=O) groups is 1. The highest BCUT2D eigenvalue weighted by molar-refractivity contribution is 7.06. The summed E-state index contributed by atoms with van der Waals surface area (Å²) in [5, 5.41) is 5.31. The van der Waals surface area contributed by atoms with Crippen LogP contribution in [0.2, 0.25) is 0 Å². The molecule has 1 unspecified atom stereocenters. The first-order valence-electron chi connectivity index (χ1n) is 10.6. The Morgan fingerprint density at radius 1 is 1.12 bits per heavy atom. The summed E-state index contributed by atoms with van der Waals surface area (Å²) >= 11 is 1.35. The topological polar surface area (TPSA) is 70.9 Å². The van der Waals surface area contributed by atoms with Crippen molar-refractivity contribution in [2.24, 2.45) is 5.10 Å². The molecule has 11 heteroatoms. The molecule has 1 aromatic carbocycles. The molecule has 2 amide bonds. The molecule has 1 fully saturated rings. The highest BCUT2D eigenvalue weighted by Crippen LogP contribution is 2.34. The quantitative estimate of drug-likeness (QED) is 0.527. The molecule has 0 saturated carbocycles. The molecule has 1 atom stereocenters. The number of likely N-dealkylation sites (tertiary alicyclic amines) is 1. The Labute approximate surface area is 197 Å². The van der Waals surface area contributed by atoms with Crippen molar-refractivity contribution in [3.8, 4) is 17.0 Å². The molecule has 1 saturated heterocycles. The molecule has 2 aliphatic rings. The minimum Gasteiger partial charge on any atom is -0.483 e. The third kappa shape index (κ3) is 4.11. The average molecular weight is 488 g/mol. The third-order valence-electron chi connectivity index (χ3n) is 5.82. The smallest absolute Gasteiger partial charge is 0.341 e. The lowest BCUT2D eigenvalue weighted by molar-refractivity contribution is 0.0256. The van der Waals surface area contributed by atoms with Gasteiger partial charge in [0.1, 0.15) is 17.7 Å². The van der Waals surface area contributed by atoms with E-state index in [1.807, 2.05) is 13.8 Å². The summed E-state index contributed by atoms with van der Waals surface area (Å²) in [5.41, 5.74) is 2.57. The molecule has 3 aromatic rings. The number of benzene rings is 1. The number of urea groups is 1. The first-order chi connectivity index (χ1) is 16.3. The molecule has 4 heterocycles. The summed E-state index contributed by atoms with van der Waals surface area (Å²) < 4.78 is 51.8. The van der Waals surface area contributed by atoms with E-state index in [-0.39, 0.29) is 18.8 Å². The predicted octanol–water partition coefficient (Wildman–Crippen LogP) is 4.86. The molecular formula is C23H20F3N5O2S. The monoisotopic (exact) mass is 487 g/mol. The van der Waals surface area contributed by atoms with Crippen LogP contribution in [0.25, 0.3) is 11.3 Å². The normalized spacial score (nSPS) is 17.9. The van der Waals surface area contributed by atoms with Gasteiger partial charge in [-0.1, -0.05) is 0 Å². The first kappa shape index (κ1) is 22.3. The van der Waals surface area contributed by atoms with Crippen LogP contribution in [-0.4, -0.2) is 50.7 Å². The van der Waals surface area contributed by atoms with Gasteiger partial charge in [-0.05, 0) is 43.1 Å². The van der Waals surface area contributed by atoms with Gasteiger partial charge in [0.05, 0.1) is 36.7 Å². The predicted molar refractivity (Wildman–Crippen MR) is 120 cm³/mol. The van der Waals surface area contributed by atoms with Gasteiger partial charge in [-0.15, -0.1) is 0 Å². The number of hydrogen-bond donors (Lipinski definition) is 0. The number of halogens is 3. The van der Waals surface area contributed by atoms with Gasteiger partial charge in [-0.3, -0.25) is 4.98 Å². The highest BCUT2D eigenvalue weighted by atomic mass is 32.1.